The summed E-state index contributed by atoms with van der Waals surface area (Å²) >= 11 is 0. The van der Waals surface area contributed by atoms with Crippen molar-refractivity contribution in [2.45, 2.75) is 31.8 Å². The van der Waals surface area contributed by atoms with E-state index >= 15 is 0 Å². The second kappa shape index (κ2) is 7.76. The molecule has 1 fully saturated rings. The van der Waals surface area contributed by atoms with Crippen LogP contribution in [0.3, 0.4) is 0 Å². The van der Waals surface area contributed by atoms with Gasteiger partial charge in [-0.15, -0.1) is 0 Å². The van der Waals surface area contributed by atoms with Crippen LogP contribution in [0, 0.1) is 17.8 Å². The topological polar surface area (TPSA) is 171 Å². The maximum atomic E-state index is 13.7. The first kappa shape index (κ1) is 23.6. The first-order valence-electron chi connectivity index (χ1n) is 10.9. The molecule has 0 radical (unpaired) electrons. The molecule has 1 amide bonds. The van der Waals surface area contributed by atoms with E-state index in [-0.39, 0.29) is 35.3 Å². The number of esters is 1. The Kier molecular flexibility index (Phi) is 5.39. The summed E-state index contributed by atoms with van der Waals surface area (Å²) in [6.45, 7) is 1.25. The third-order valence-corrected chi connectivity index (χ3v) is 7.33. The maximum absolute atomic E-state index is 13.7. The second-order valence-corrected chi connectivity index (χ2v) is 9.57. The van der Waals surface area contributed by atoms with Crippen molar-refractivity contribution in [3.63, 3.8) is 0 Å². The standard InChI is InChI=1S/C24H28N2O8/c1-24(33)17-10(7-14(27)18(24)22(25)31)5-9-6-11-13(26(2)3)8-12(23(32)34-4)19(28)16(11)20(29)15(9)21(17)30/h8-10,17,27-29,33H,5-7H2,1-4H3,(H2,25,31)/t9?,10?,17?,24-/m1/s1. The maximum Gasteiger partial charge on any atom is 0.341 e. The number of benzene rings is 1. The number of nitrogens with two attached hydrogens (primary N) is 1. The number of nitrogens with zero attached hydrogens (tertiary/aromatic N) is 1. The predicted octanol–water partition coefficient (Wildman–Crippen LogP) is 1.34. The van der Waals surface area contributed by atoms with Crippen LogP contribution < -0.4 is 10.6 Å². The third kappa shape index (κ3) is 3.16. The lowest BCUT2D eigenvalue weighted by Crippen LogP contribution is -2.55. The number of ketones is 1. The summed E-state index contributed by atoms with van der Waals surface area (Å²) in [4.78, 5) is 39.6. The van der Waals surface area contributed by atoms with Crippen LogP contribution in [0.25, 0.3) is 5.76 Å². The molecule has 1 aromatic rings. The minimum Gasteiger partial charge on any atom is -0.512 e. The van der Waals surface area contributed by atoms with Gasteiger partial charge in [-0.3, -0.25) is 9.59 Å². The lowest BCUT2D eigenvalue weighted by atomic mass is 9.57. The van der Waals surface area contributed by atoms with E-state index < -0.39 is 58.1 Å². The van der Waals surface area contributed by atoms with Crippen LogP contribution in [0.4, 0.5) is 5.69 Å². The van der Waals surface area contributed by atoms with Crippen molar-refractivity contribution in [1.29, 1.82) is 0 Å². The van der Waals surface area contributed by atoms with E-state index in [0.717, 1.165) is 0 Å². The van der Waals surface area contributed by atoms with Gasteiger partial charge in [0, 0.05) is 31.8 Å². The van der Waals surface area contributed by atoms with E-state index in [4.69, 9.17) is 10.5 Å². The number of fused-ring (bicyclic) bond motifs is 3. The number of allylic oxidation sites excluding steroid dienone is 2. The van der Waals surface area contributed by atoms with E-state index in [9.17, 15) is 34.8 Å². The van der Waals surface area contributed by atoms with Gasteiger partial charge in [0.05, 0.1) is 24.2 Å². The van der Waals surface area contributed by atoms with E-state index in [1.165, 1.54) is 20.1 Å². The van der Waals surface area contributed by atoms with Crippen LogP contribution in [-0.2, 0) is 20.7 Å². The van der Waals surface area contributed by atoms with Gasteiger partial charge in [-0.1, -0.05) is 0 Å². The van der Waals surface area contributed by atoms with Crippen molar-refractivity contribution in [2.24, 2.45) is 23.5 Å². The molecule has 0 bridgehead atoms. The number of primary amides is 1. The quantitative estimate of drug-likeness (QED) is 0.407. The molecular weight excluding hydrogens is 444 g/mol. The number of amides is 1. The van der Waals surface area contributed by atoms with Crippen molar-refractivity contribution in [2.75, 3.05) is 26.1 Å². The number of rotatable bonds is 3. The lowest BCUT2D eigenvalue weighted by Gasteiger charge is -2.48. The van der Waals surface area contributed by atoms with Crippen molar-refractivity contribution >= 4 is 29.1 Å². The molecule has 4 atom stereocenters. The van der Waals surface area contributed by atoms with Crippen LogP contribution >= 0.6 is 0 Å². The van der Waals surface area contributed by atoms with Crippen molar-refractivity contribution < 1.29 is 39.5 Å². The van der Waals surface area contributed by atoms with Gasteiger partial charge >= 0.3 is 5.97 Å². The number of hydrogen-bond acceptors (Lipinski definition) is 9. The number of aliphatic hydroxyl groups is 3. The Morgan fingerprint density at radius 2 is 1.85 bits per heavy atom. The number of aromatic hydroxyl groups is 1. The molecule has 0 aromatic heterocycles. The average molecular weight is 472 g/mol. The summed E-state index contributed by atoms with van der Waals surface area (Å²) < 4.78 is 4.76. The zero-order valence-electron chi connectivity index (χ0n) is 19.4. The van der Waals surface area contributed by atoms with Crippen LogP contribution in [0.1, 0.15) is 41.3 Å². The van der Waals surface area contributed by atoms with Crippen molar-refractivity contribution in [3.8, 4) is 5.75 Å². The third-order valence-electron chi connectivity index (χ3n) is 7.33. The zero-order valence-corrected chi connectivity index (χ0v) is 19.4. The van der Waals surface area contributed by atoms with Gasteiger partial charge in [-0.25, -0.2) is 4.79 Å². The normalized spacial score (nSPS) is 28.1. The Hall–Kier alpha value is -3.53. The Morgan fingerprint density at radius 1 is 1.21 bits per heavy atom. The van der Waals surface area contributed by atoms with E-state index in [1.807, 2.05) is 0 Å². The van der Waals surface area contributed by atoms with E-state index in [1.54, 1.807) is 19.0 Å². The lowest BCUT2D eigenvalue weighted by molar-refractivity contribution is -0.136. The Bertz CT molecular complexity index is 1190. The highest BCUT2D eigenvalue weighted by Gasteiger charge is 2.57. The van der Waals surface area contributed by atoms with Gasteiger partial charge in [0.25, 0.3) is 5.91 Å². The number of ether oxygens (including phenoxy) is 1. The highest BCUT2D eigenvalue weighted by molar-refractivity contribution is 6.09. The Morgan fingerprint density at radius 3 is 2.41 bits per heavy atom. The van der Waals surface area contributed by atoms with Crippen LogP contribution in [0.2, 0.25) is 0 Å². The van der Waals surface area contributed by atoms with Gasteiger partial charge in [0.1, 0.15) is 28.4 Å². The molecule has 0 spiro atoms. The SMILES string of the molecule is COC(=O)c1cc(N(C)C)c2c(c1O)C(O)=C1C(=O)C3C(CC(O)=C(C(N)=O)[C@]3(C)O)CC1C2. The van der Waals surface area contributed by atoms with Crippen LogP contribution in [0.5, 0.6) is 5.75 Å². The molecule has 0 heterocycles. The second-order valence-electron chi connectivity index (χ2n) is 9.57. The number of phenolic OH excluding ortho intramolecular Hbond substituents is 1. The van der Waals surface area contributed by atoms with Crippen molar-refractivity contribution in [3.05, 3.63) is 39.7 Å². The highest BCUT2D eigenvalue weighted by Crippen LogP contribution is 2.54. The molecule has 10 nitrogen and oxygen atoms in total. The number of phenols is 1. The minimum atomic E-state index is -2.04. The van der Waals surface area contributed by atoms with Gasteiger partial charge in [0.2, 0.25) is 0 Å². The average Bonchev–Trinajstić information content (AvgIpc) is 2.71. The fourth-order valence-corrected chi connectivity index (χ4v) is 6.01. The van der Waals surface area contributed by atoms with Crippen LogP contribution in [0.15, 0.2) is 23.0 Å². The largest absolute Gasteiger partial charge is 0.512 e. The number of hydrogen-bond donors (Lipinski definition) is 5. The molecule has 182 valence electrons. The smallest absolute Gasteiger partial charge is 0.341 e. The number of methoxy groups -OCH3 is 1. The molecular formula is C24H28N2O8. The van der Waals surface area contributed by atoms with Gasteiger partial charge in [-0.2, -0.15) is 0 Å². The Labute approximate surface area is 195 Å². The van der Waals surface area contributed by atoms with Gasteiger partial charge in [-0.05, 0) is 43.2 Å². The summed E-state index contributed by atoms with van der Waals surface area (Å²) in [6.07, 6.45) is 0.616. The monoisotopic (exact) mass is 472 g/mol. The molecule has 3 aliphatic carbocycles. The number of aliphatic hydroxyl groups excluding tert-OH is 2. The minimum absolute atomic E-state index is 0.00467. The highest BCUT2D eigenvalue weighted by atomic mass is 16.5. The number of carbonyl (C=O) groups excluding carboxylic acids is 3. The molecule has 4 rings (SSSR count). The summed E-state index contributed by atoms with van der Waals surface area (Å²) in [6, 6.07) is 1.48. The molecule has 3 unspecified atom stereocenters. The zero-order chi connectivity index (χ0) is 25.3. The van der Waals surface area contributed by atoms with Gasteiger partial charge < -0.3 is 35.8 Å². The van der Waals surface area contributed by atoms with E-state index in [0.29, 0.717) is 17.7 Å². The molecule has 3 aliphatic rings. The Balaban J connectivity index is 1.93. The molecule has 34 heavy (non-hydrogen) atoms. The molecule has 1 saturated carbocycles. The summed E-state index contributed by atoms with van der Waals surface area (Å²) in [5.41, 5.74) is 3.87. The number of anilines is 1. The first-order chi connectivity index (χ1) is 15.8. The first-order valence-corrected chi connectivity index (χ1v) is 10.9. The fourth-order valence-electron chi connectivity index (χ4n) is 6.01. The molecule has 0 saturated heterocycles. The molecule has 10 heteroatoms. The van der Waals surface area contributed by atoms with Crippen molar-refractivity contribution in [1.82, 2.24) is 0 Å². The molecule has 0 aliphatic heterocycles. The van der Waals surface area contributed by atoms with Crippen LogP contribution in [-0.4, -0.2) is 64.9 Å². The number of carbonyl (C=O) groups is 3. The summed E-state index contributed by atoms with van der Waals surface area (Å²) in [5.74, 6) is -5.81. The summed E-state index contributed by atoms with van der Waals surface area (Å²) in [7, 11) is 4.66. The summed E-state index contributed by atoms with van der Waals surface area (Å²) in [5, 5.41) is 43.8. The van der Waals surface area contributed by atoms with E-state index in [2.05, 4.69) is 0 Å². The van der Waals surface area contributed by atoms with Gasteiger partial charge in [0.15, 0.2) is 5.78 Å². The molecule has 1 aromatic carbocycles. The predicted molar refractivity (Wildman–Crippen MR) is 121 cm³/mol. The molecule has 6 N–H and O–H groups in total. The number of Topliss-reactive ketones (excluding diaryl/α,β-unsaturated/α-hetero) is 1. The fraction of sp³-hybridized carbons (Fsp3) is 0.458.